The average Bonchev–Trinajstić information content (AvgIpc) is 3.00. The van der Waals surface area contributed by atoms with Gasteiger partial charge in [0.2, 0.25) is 5.91 Å². The minimum absolute atomic E-state index is 0.0756. The van der Waals surface area contributed by atoms with Crippen molar-refractivity contribution in [1.82, 2.24) is 9.78 Å². The third-order valence-corrected chi connectivity index (χ3v) is 5.31. The summed E-state index contributed by atoms with van der Waals surface area (Å²) in [6, 6.07) is 12.1. The zero-order valence-corrected chi connectivity index (χ0v) is 16.0. The Morgan fingerprint density at radius 2 is 1.82 bits per heavy atom. The van der Waals surface area contributed by atoms with Gasteiger partial charge >= 0.3 is 0 Å². The zero-order valence-electron chi connectivity index (χ0n) is 16.0. The number of phenols is 1. The van der Waals surface area contributed by atoms with Crippen LogP contribution in [0.25, 0.3) is 5.69 Å². The van der Waals surface area contributed by atoms with Gasteiger partial charge in [-0.25, -0.2) is 4.68 Å². The second-order valence-corrected chi connectivity index (χ2v) is 7.24. The van der Waals surface area contributed by atoms with Gasteiger partial charge in [0.15, 0.2) is 5.78 Å². The molecule has 0 radical (unpaired) electrons. The molecule has 4 rings (SSSR count). The predicted octanol–water partition coefficient (Wildman–Crippen LogP) is 3.81. The number of phenolic OH excluding ortho intramolecular Hbond substituents is 1. The number of carbonyl (C=O) groups is 2. The topological polar surface area (TPSA) is 84.2 Å². The maximum absolute atomic E-state index is 13.1. The first-order chi connectivity index (χ1) is 13.3. The summed E-state index contributed by atoms with van der Waals surface area (Å²) in [5.41, 5.74) is 5.05. The number of ketones is 1. The largest absolute Gasteiger partial charge is 0.508 e. The quantitative estimate of drug-likeness (QED) is 0.682. The summed E-state index contributed by atoms with van der Waals surface area (Å²) in [6.07, 6.45) is 0.0756. The van der Waals surface area contributed by atoms with E-state index in [1.165, 1.54) is 17.7 Å². The smallest absolute Gasteiger partial charge is 0.226 e. The molecule has 142 valence electrons. The highest BCUT2D eigenvalue weighted by Gasteiger charge is 2.36. The van der Waals surface area contributed by atoms with Crippen molar-refractivity contribution in [3.8, 4) is 11.4 Å². The second-order valence-electron chi connectivity index (χ2n) is 7.24. The van der Waals surface area contributed by atoms with Crippen LogP contribution in [0.2, 0.25) is 0 Å². The third-order valence-electron chi connectivity index (χ3n) is 5.31. The highest BCUT2D eigenvalue weighted by atomic mass is 16.3. The average molecular weight is 375 g/mol. The van der Waals surface area contributed by atoms with Crippen LogP contribution in [0.15, 0.2) is 42.5 Å². The molecule has 1 atom stereocenters. The number of benzene rings is 2. The number of hydrogen-bond acceptors (Lipinski definition) is 4. The van der Waals surface area contributed by atoms with E-state index in [0.29, 0.717) is 17.1 Å². The van der Waals surface area contributed by atoms with Crippen molar-refractivity contribution in [2.45, 2.75) is 33.1 Å². The summed E-state index contributed by atoms with van der Waals surface area (Å²) in [6.45, 7) is 5.92. The van der Waals surface area contributed by atoms with Crippen molar-refractivity contribution < 1.29 is 14.7 Å². The highest BCUT2D eigenvalue weighted by Crippen LogP contribution is 2.38. The number of hydrogen-bond donors (Lipinski definition) is 2. The molecule has 1 aromatic heterocycles. The maximum Gasteiger partial charge on any atom is 0.226 e. The van der Waals surface area contributed by atoms with Crippen LogP contribution in [0, 0.1) is 20.8 Å². The van der Waals surface area contributed by atoms with E-state index in [1.54, 1.807) is 16.8 Å². The van der Waals surface area contributed by atoms with E-state index in [9.17, 15) is 14.7 Å². The van der Waals surface area contributed by atoms with Crippen LogP contribution in [0.1, 0.15) is 45.1 Å². The molecule has 0 aliphatic carbocycles. The lowest BCUT2D eigenvalue weighted by Crippen LogP contribution is -2.28. The Morgan fingerprint density at radius 3 is 2.50 bits per heavy atom. The van der Waals surface area contributed by atoms with Crippen molar-refractivity contribution >= 4 is 17.5 Å². The molecule has 3 aromatic rings. The molecule has 6 nitrogen and oxygen atoms in total. The summed E-state index contributed by atoms with van der Waals surface area (Å²) in [5.74, 6) is -0.325. The van der Waals surface area contributed by atoms with E-state index in [1.807, 2.05) is 39.0 Å². The molecule has 1 amide bonds. The van der Waals surface area contributed by atoms with Gasteiger partial charge < -0.3 is 10.4 Å². The minimum Gasteiger partial charge on any atom is -0.508 e. The Bertz CT molecular complexity index is 1100. The fourth-order valence-electron chi connectivity index (χ4n) is 3.64. The molecular formula is C22H21N3O3. The summed E-state index contributed by atoms with van der Waals surface area (Å²) in [7, 11) is 0. The second kappa shape index (κ2) is 6.64. The Morgan fingerprint density at radius 1 is 1.11 bits per heavy atom. The normalized spacial score (nSPS) is 15.8. The fraction of sp³-hybridized carbons (Fsp3) is 0.227. The molecule has 2 N–H and O–H groups in total. The molecule has 1 aliphatic rings. The van der Waals surface area contributed by atoms with Gasteiger partial charge in [-0.2, -0.15) is 5.10 Å². The first-order valence-electron chi connectivity index (χ1n) is 9.15. The number of carbonyl (C=O) groups excluding carboxylic acids is 2. The Hall–Kier alpha value is -3.41. The molecule has 0 saturated carbocycles. The van der Waals surface area contributed by atoms with Gasteiger partial charge in [-0.05, 0) is 68.3 Å². The maximum atomic E-state index is 13.1. The number of nitrogens with zero attached hydrogens (tertiary/aromatic N) is 2. The number of aromatic nitrogens is 2. The Kier molecular flexibility index (Phi) is 4.26. The number of aromatic hydroxyl groups is 1. The van der Waals surface area contributed by atoms with Gasteiger partial charge in [0.05, 0.1) is 17.3 Å². The van der Waals surface area contributed by atoms with E-state index in [-0.39, 0.29) is 23.9 Å². The lowest BCUT2D eigenvalue weighted by Gasteiger charge is -2.23. The standard InChI is InChI=1S/C22H21N3O3/c1-12-4-7-16(10-13(12)2)25-22-20(14(3)24-25)18(11-19(27)23-22)21(28)15-5-8-17(26)9-6-15/h4-10,18,26H,11H2,1-3H3,(H,23,27). The molecule has 0 fully saturated rings. The van der Waals surface area contributed by atoms with Gasteiger partial charge in [0.1, 0.15) is 11.6 Å². The van der Waals surface area contributed by atoms with Crippen LogP contribution in [-0.2, 0) is 4.79 Å². The van der Waals surface area contributed by atoms with Crippen molar-refractivity contribution in [1.29, 1.82) is 0 Å². The lowest BCUT2D eigenvalue weighted by atomic mass is 9.85. The van der Waals surface area contributed by atoms with E-state index in [2.05, 4.69) is 10.4 Å². The number of nitrogens with one attached hydrogen (secondary N) is 1. The van der Waals surface area contributed by atoms with E-state index < -0.39 is 5.92 Å². The van der Waals surface area contributed by atoms with E-state index in [4.69, 9.17) is 0 Å². The van der Waals surface area contributed by atoms with Crippen LogP contribution < -0.4 is 5.32 Å². The van der Waals surface area contributed by atoms with Crippen molar-refractivity contribution in [2.24, 2.45) is 0 Å². The number of anilines is 1. The molecule has 0 spiro atoms. The van der Waals surface area contributed by atoms with Gasteiger partial charge in [-0.15, -0.1) is 0 Å². The number of amides is 1. The van der Waals surface area contributed by atoms with Gasteiger partial charge in [0, 0.05) is 17.5 Å². The summed E-state index contributed by atoms with van der Waals surface area (Å²) >= 11 is 0. The first-order valence-corrected chi connectivity index (χ1v) is 9.15. The van der Waals surface area contributed by atoms with Gasteiger partial charge in [0.25, 0.3) is 0 Å². The summed E-state index contributed by atoms with van der Waals surface area (Å²) < 4.78 is 1.70. The molecule has 2 aromatic carbocycles. The molecular weight excluding hydrogens is 354 g/mol. The zero-order chi connectivity index (χ0) is 20.0. The van der Waals surface area contributed by atoms with E-state index >= 15 is 0 Å². The first kappa shape index (κ1) is 18.0. The van der Waals surface area contributed by atoms with E-state index in [0.717, 1.165) is 16.8 Å². The van der Waals surface area contributed by atoms with Crippen LogP contribution >= 0.6 is 0 Å². The molecule has 1 unspecified atom stereocenters. The van der Waals surface area contributed by atoms with Gasteiger partial charge in [-0.1, -0.05) is 6.07 Å². The molecule has 6 heteroatoms. The fourth-order valence-corrected chi connectivity index (χ4v) is 3.64. The van der Waals surface area contributed by atoms with Crippen LogP contribution in [0.4, 0.5) is 5.82 Å². The monoisotopic (exact) mass is 375 g/mol. The van der Waals surface area contributed by atoms with Crippen LogP contribution in [0.5, 0.6) is 5.75 Å². The van der Waals surface area contributed by atoms with Crippen molar-refractivity contribution in [3.05, 3.63) is 70.4 Å². The summed E-state index contributed by atoms with van der Waals surface area (Å²) in [5, 5.41) is 17.0. The predicted molar refractivity (Wildman–Crippen MR) is 106 cm³/mol. The molecule has 0 saturated heterocycles. The molecule has 28 heavy (non-hydrogen) atoms. The van der Waals surface area contributed by atoms with Crippen LogP contribution in [-0.4, -0.2) is 26.6 Å². The molecule has 2 heterocycles. The third kappa shape index (κ3) is 2.97. The SMILES string of the molecule is Cc1ccc(-n2nc(C)c3c2NC(=O)CC3C(=O)c2ccc(O)cc2)cc1C. The Balaban J connectivity index is 1.82. The van der Waals surface area contributed by atoms with Crippen molar-refractivity contribution in [2.75, 3.05) is 5.32 Å². The van der Waals surface area contributed by atoms with Crippen LogP contribution in [0.3, 0.4) is 0 Å². The molecule has 1 aliphatic heterocycles. The molecule has 0 bridgehead atoms. The lowest BCUT2D eigenvalue weighted by molar-refractivity contribution is -0.116. The number of rotatable bonds is 3. The highest BCUT2D eigenvalue weighted by molar-refractivity contribution is 6.08. The number of aryl methyl sites for hydroxylation is 3. The number of fused-ring (bicyclic) bond motifs is 1. The van der Waals surface area contributed by atoms with Crippen molar-refractivity contribution in [3.63, 3.8) is 0 Å². The Labute approximate surface area is 162 Å². The van der Waals surface area contributed by atoms with Gasteiger partial charge in [-0.3, -0.25) is 9.59 Å². The number of Topliss-reactive ketones (excluding diaryl/α,β-unsaturated/α-hetero) is 1. The minimum atomic E-state index is -0.603. The summed E-state index contributed by atoms with van der Waals surface area (Å²) in [4.78, 5) is 25.5.